The molecular formula is C11H16O2. The minimum Gasteiger partial charge on any atom is -0.472 e. The third-order valence-electron chi connectivity index (χ3n) is 3.22. The van der Waals surface area contributed by atoms with Crippen LogP contribution in [0.25, 0.3) is 0 Å². The first-order valence-electron chi connectivity index (χ1n) is 4.99. The van der Waals surface area contributed by atoms with Gasteiger partial charge in [-0.25, -0.2) is 0 Å². The van der Waals surface area contributed by atoms with E-state index in [4.69, 9.17) is 4.42 Å². The van der Waals surface area contributed by atoms with Gasteiger partial charge < -0.3 is 9.52 Å². The smallest absolute Gasteiger partial charge is 0.0960 e. The molecule has 0 amide bonds. The molecule has 1 aliphatic rings. The van der Waals surface area contributed by atoms with Crippen molar-refractivity contribution in [2.24, 2.45) is 11.8 Å². The van der Waals surface area contributed by atoms with Crippen LogP contribution in [0.5, 0.6) is 0 Å². The highest BCUT2D eigenvalue weighted by Gasteiger charge is 2.30. The van der Waals surface area contributed by atoms with Gasteiger partial charge in [-0.1, -0.05) is 19.8 Å². The van der Waals surface area contributed by atoms with E-state index in [-0.39, 0.29) is 6.10 Å². The summed E-state index contributed by atoms with van der Waals surface area (Å²) in [6.07, 6.45) is 6.60. The van der Waals surface area contributed by atoms with Crippen LogP contribution in [-0.4, -0.2) is 5.11 Å². The van der Waals surface area contributed by atoms with Crippen molar-refractivity contribution < 1.29 is 9.52 Å². The highest BCUT2D eigenvalue weighted by molar-refractivity contribution is 5.11. The van der Waals surface area contributed by atoms with E-state index in [2.05, 4.69) is 6.92 Å². The van der Waals surface area contributed by atoms with Gasteiger partial charge in [0.25, 0.3) is 0 Å². The van der Waals surface area contributed by atoms with Crippen LogP contribution < -0.4 is 0 Å². The number of aliphatic hydroxyl groups is 1. The minimum atomic E-state index is -0.323. The molecule has 0 spiro atoms. The lowest BCUT2D eigenvalue weighted by molar-refractivity contribution is 0.0895. The maximum atomic E-state index is 10.0. The summed E-state index contributed by atoms with van der Waals surface area (Å²) in [6, 6.07) is 1.86. The standard InChI is InChI=1S/C11H16O2/c1-8-3-2-4-10(8)11(12)9-5-6-13-7-9/h5-8,10-12H,2-4H2,1H3. The fraction of sp³-hybridized carbons (Fsp3) is 0.636. The van der Waals surface area contributed by atoms with Crippen LogP contribution in [0.15, 0.2) is 23.0 Å². The highest BCUT2D eigenvalue weighted by atomic mass is 16.3. The Morgan fingerprint density at radius 2 is 2.38 bits per heavy atom. The lowest BCUT2D eigenvalue weighted by Gasteiger charge is -2.20. The van der Waals surface area contributed by atoms with E-state index in [1.54, 1.807) is 12.5 Å². The first-order chi connectivity index (χ1) is 6.29. The molecule has 13 heavy (non-hydrogen) atoms. The Morgan fingerprint density at radius 1 is 1.54 bits per heavy atom. The maximum absolute atomic E-state index is 10.0. The molecule has 2 nitrogen and oxygen atoms in total. The summed E-state index contributed by atoms with van der Waals surface area (Å²) >= 11 is 0. The molecule has 1 aromatic heterocycles. The maximum Gasteiger partial charge on any atom is 0.0960 e. The van der Waals surface area contributed by atoms with Gasteiger partial charge in [0.15, 0.2) is 0 Å². The van der Waals surface area contributed by atoms with Gasteiger partial charge in [0.1, 0.15) is 0 Å². The van der Waals surface area contributed by atoms with Crippen LogP contribution in [0, 0.1) is 11.8 Å². The molecule has 1 saturated carbocycles. The van der Waals surface area contributed by atoms with Crippen LogP contribution in [-0.2, 0) is 0 Å². The molecule has 3 atom stereocenters. The molecule has 1 aromatic rings. The SMILES string of the molecule is CC1CCCC1C(O)c1ccoc1. The van der Waals surface area contributed by atoms with Crippen LogP contribution >= 0.6 is 0 Å². The fourth-order valence-corrected chi connectivity index (χ4v) is 2.33. The van der Waals surface area contributed by atoms with Crippen molar-refractivity contribution in [3.05, 3.63) is 24.2 Å². The molecule has 0 saturated heterocycles. The summed E-state index contributed by atoms with van der Waals surface area (Å²) in [5.74, 6) is 1.07. The summed E-state index contributed by atoms with van der Waals surface area (Å²) in [5, 5.41) is 10.0. The van der Waals surface area contributed by atoms with Crippen LogP contribution in [0.4, 0.5) is 0 Å². The minimum absolute atomic E-state index is 0.323. The molecule has 0 aliphatic heterocycles. The van der Waals surface area contributed by atoms with Crippen LogP contribution in [0.1, 0.15) is 37.9 Å². The van der Waals surface area contributed by atoms with E-state index >= 15 is 0 Å². The summed E-state index contributed by atoms with van der Waals surface area (Å²) in [4.78, 5) is 0. The lowest BCUT2D eigenvalue weighted by atomic mass is 9.89. The van der Waals surface area contributed by atoms with Crippen molar-refractivity contribution in [3.8, 4) is 0 Å². The third kappa shape index (κ3) is 1.63. The third-order valence-corrected chi connectivity index (χ3v) is 3.22. The Balaban J connectivity index is 2.08. The van der Waals surface area contributed by atoms with Gasteiger partial charge in [0.05, 0.1) is 18.6 Å². The number of rotatable bonds is 2. The second kappa shape index (κ2) is 3.54. The second-order valence-electron chi connectivity index (χ2n) is 4.07. The Morgan fingerprint density at radius 3 is 2.92 bits per heavy atom. The quantitative estimate of drug-likeness (QED) is 0.759. The zero-order chi connectivity index (χ0) is 9.26. The monoisotopic (exact) mass is 180 g/mol. The van der Waals surface area contributed by atoms with Crippen LogP contribution in [0.2, 0.25) is 0 Å². The number of hydrogen-bond acceptors (Lipinski definition) is 2. The van der Waals surface area contributed by atoms with Crippen LogP contribution in [0.3, 0.4) is 0 Å². The highest BCUT2D eigenvalue weighted by Crippen LogP contribution is 2.39. The predicted octanol–water partition coefficient (Wildman–Crippen LogP) is 2.75. The first-order valence-corrected chi connectivity index (χ1v) is 4.99. The molecule has 72 valence electrons. The Labute approximate surface area is 78.6 Å². The predicted molar refractivity (Wildman–Crippen MR) is 50.2 cm³/mol. The summed E-state index contributed by atoms with van der Waals surface area (Å²) < 4.78 is 4.97. The fourth-order valence-electron chi connectivity index (χ4n) is 2.33. The molecule has 2 heteroatoms. The molecule has 2 rings (SSSR count). The molecule has 0 aromatic carbocycles. The zero-order valence-corrected chi connectivity index (χ0v) is 7.94. The van der Waals surface area contributed by atoms with E-state index < -0.39 is 0 Å². The normalized spacial score (nSPS) is 30.6. The lowest BCUT2D eigenvalue weighted by Crippen LogP contribution is -2.14. The topological polar surface area (TPSA) is 33.4 Å². The van der Waals surface area contributed by atoms with Gasteiger partial charge in [-0.3, -0.25) is 0 Å². The number of hydrogen-bond donors (Lipinski definition) is 1. The van der Waals surface area contributed by atoms with E-state index in [1.165, 1.54) is 12.8 Å². The van der Waals surface area contributed by atoms with E-state index in [1.807, 2.05) is 6.07 Å². The van der Waals surface area contributed by atoms with Gasteiger partial charge in [0, 0.05) is 5.56 Å². The van der Waals surface area contributed by atoms with E-state index in [0.717, 1.165) is 12.0 Å². The number of furan rings is 1. The van der Waals surface area contributed by atoms with E-state index in [0.29, 0.717) is 11.8 Å². The van der Waals surface area contributed by atoms with Crippen molar-refractivity contribution in [2.75, 3.05) is 0 Å². The summed E-state index contributed by atoms with van der Waals surface area (Å²) in [7, 11) is 0. The van der Waals surface area contributed by atoms with Gasteiger partial charge in [-0.05, 0) is 24.3 Å². The Hall–Kier alpha value is -0.760. The molecule has 3 unspecified atom stereocenters. The van der Waals surface area contributed by atoms with Gasteiger partial charge in [-0.2, -0.15) is 0 Å². The number of aliphatic hydroxyl groups excluding tert-OH is 1. The van der Waals surface area contributed by atoms with Gasteiger partial charge >= 0.3 is 0 Å². The Kier molecular flexibility index (Phi) is 2.40. The summed E-state index contributed by atoms with van der Waals surface area (Å²) in [6.45, 7) is 2.22. The summed E-state index contributed by atoms with van der Waals surface area (Å²) in [5.41, 5.74) is 0.929. The molecule has 0 bridgehead atoms. The Bertz CT molecular complexity index is 253. The average Bonchev–Trinajstić information content (AvgIpc) is 2.72. The molecule has 1 heterocycles. The zero-order valence-electron chi connectivity index (χ0n) is 7.94. The van der Waals surface area contributed by atoms with Crippen molar-refractivity contribution in [2.45, 2.75) is 32.3 Å². The first kappa shape index (κ1) is 8.82. The molecular weight excluding hydrogens is 164 g/mol. The van der Waals surface area contributed by atoms with Crippen molar-refractivity contribution in [1.29, 1.82) is 0 Å². The molecule has 1 fully saturated rings. The molecule has 1 aliphatic carbocycles. The van der Waals surface area contributed by atoms with E-state index in [9.17, 15) is 5.11 Å². The largest absolute Gasteiger partial charge is 0.472 e. The van der Waals surface area contributed by atoms with Crippen molar-refractivity contribution >= 4 is 0 Å². The molecule has 0 radical (unpaired) electrons. The van der Waals surface area contributed by atoms with Crippen molar-refractivity contribution in [1.82, 2.24) is 0 Å². The van der Waals surface area contributed by atoms with Gasteiger partial charge in [0.2, 0.25) is 0 Å². The van der Waals surface area contributed by atoms with Gasteiger partial charge in [-0.15, -0.1) is 0 Å². The average molecular weight is 180 g/mol. The second-order valence-corrected chi connectivity index (χ2v) is 4.07. The van der Waals surface area contributed by atoms with Crippen molar-refractivity contribution in [3.63, 3.8) is 0 Å². The molecule has 1 N–H and O–H groups in total.